The number of rotatable bonds is 11. The topological polar surface area (TPSA) is 85.8 Å². The molecule has 0 fully saturated rings. The number of benzene rings is 1. The van der Waals surface area contributed by atoms with Gasteiger partial charge in [-0.05, 0) is 32.4 Å². The Labute approximate surface area is 175 Å². The van der Waals surface area contributed by atoms with E-state index in [0.717, 1.165) is 32.3 Å². The molecule has 0 saturated carbocycles. The molecule has 7 nitrogen and oxygen atoms in total. The third-order valence-electron chi connectivity index (χ3n) is 3.49. The van der Waals surface area contributed by atoms with Gasteiger partial charge in [-0.15, -0.1) is 24.0 Å². The fourth-order valence-electron chi connectivity index (χ4n) is 2.32. The number of sulfonamides is 1. The lowest BCUT2D eigenvalue weighted by atomic mass is 10.2. The highest BCUT2D eigenvalue weighted by Gasteiger charge is 2.03. The maximum Gasteiger partial charge on any atom is 0.208 e. The van der Waals surface area contributed by atoms with Gasteiger partial charge in [0.2, 0.25) is 10.0 Å². The van der Waals surface area contributed by atoms with Gasteiger partial charge < -0.3 is 15.5 Å². The molecule has 0 spiro atoms. The fourth-order valence-corrected chi connectivity index (χ4v) is 2.79. The van der Waals surface area contributed by atoms with Crippen LogP contribution in [-0.4, -0.2) is 59.9 Å². The number of nitrogens with zero attached hydrogens (tertiary/aromatic N) is 2. The van der Waals surface area contributed by atoms with E-state index in [2.05, 4.69) is 44.3 Å². The SMILES string of the molecule is CCNC(=NCCCN(CC)c1ccccc1)NCCNS(C)(=O)=O.I. The van der Waals surface area contributed by atoms with Crippen LogP contribution in [0.3, 0.4) is 0 Å². The van der Waals surface area contributed by atoms with E-state index in [1.807, 2.05) is 25.1 Å². The van der Waals surface area contributed by atoms with Gasteiger partial charge in [0.05, 0.1) is 6.26 Å². The second kappa shape index (κ2) is 14.0. The zero-order valence-corrected chi connectivity index (χ0v) is 19.0. The van der Waals surface area contributed by atoms with Crippen LogP contribution >= 0.6 is 24.0 Å². The van der Waals surface area contributed by atoms with Gasteiger partial charge in [-0.2, -0.15) is 0 Å². The van der Waals surface area contributed by atoms with Crippen LogP contribution in [-0.2, 0) is 10.0 Å². The Bertz CT molecular complexity index is 611. The van der Waals surface area contributed by atoms with Crippen LogP contribution < -0.4 is 20.3 Å². The minimum absolute atomic E-state index is 0. The summed E-state index contributed by atoms with van der Waals surface area (Å²) in [5.41, 5.74) is 1.23. The second-order valence-electron chi connectivity index (χ2n) is 5.62. The van der Waals surface area contributed by atoms with Crippen molar-refractivity contribution in [3.63, 3.8) is 0 Å². The van der Waals surface area contributed by atoms with Gasteiger partial charge in [-0.25, -0.2) is 13.1 Å². The lowest BCUT2D eigenvalue weighted by Gasteiger charge is -2.22. The molecule has 0 aliphatic carbocycles. The van der Waals surface area contributed by atoms with Crippen LogP contribution in [0.15, 0.2) is 35.3 Å². The zero-order chi connectivity index (χ0) is 18.5. The number of aliphatic imine (C=N–C) groups is 1. The van der Waals surface area contributed by atoms with E-state index in [4.69, 9.17) is 0 Å². The molecule has 150 valence electrons. The van der Waals surface area contributed by atoms with E-state index in [1.165, 1.54) is 5.69 Å². The zero-order valence-electron chi connectivity index (χ0n) is 15.9. The first kappa shape index (κ1) is 24.9. The molecule has 0 heterocycles. The minimum atomic E-state index is -3.15. The van der Waals surface area contributed by atoms with Gasteiger partial charge in [0.25, 0.3) is 0 Å². The number of anilines is 1. The van der Waals surface area contributed by atoms with Crippen LogP contribution in [0.4, 0.5) is 5.69 Å². The highest BCUT2D eigenvalue weighted by atomic mass is 127. The Balaban J connectivity index is 0.00000625. The summed E-state index contributed by atoms with van der Waals surface area (Å²) >= 11 is 0. The highest BCUT2D eigenvalue weighted by molar-refractivity contribution is 14.0. The average Bonchev–Trinajstić information content (AvgIpc) is 2.58. The van der Waals surface area contributed by atoms with Gasteiger partial charge >= 0.3 is 0 Å². The first-order valence-electron chi connectivity index (χ1n) is 8.73. The van der Waals surface area contributed by atoms with Crippen molar-refractivity contribution in [1.82, 2.24) is 15.4 Å². The maximum atomic E-state index is 11.0. The summed E-state index contributed by atoms with van der Waals surface area (Å²) in [4.78, 5) is 6.86. The number of guanidine groups is 1. The van der Waals surface area contributed by atoms with E-state index < -0.39 is 10.0 Å². The monoisotopic (exact) mass is 497 g/mol. The molecular formula is C17H32IN5O2S. The van der Waals surface area contributed by atoms with E-state index in [9.17, 15) is 8.42 Å². The van der Waals surface area contributed by atoms with Gasteiger partial charge in [0.1, 0.15) is 0 Å². The summed E-state index contributed by atoms with van der Waals surface area (Å²) < 4.78 is 24.5. The molecule has 1 rings (SSSR count). The van der Waals surface area contributed by atoms with Crippen molar-refractivity contribution in [2.24, 2.45) is 4.99 Å². The molecule has 0 unspecified atom stereocenters. The number of halogens is 1. The molecule has 1 aromatic carbocycles. The molecule has 9 heteroatoms. The average molecular weight is 497 g/mol. The molecule has 0 amide bonds. The van der Waals surface area contributed by atoms with E-state index in [-0.39, 0.29) is 24.0 Å². The van der Waals surface area contributed by atoms with Crippen molar-refractivity contribution in [2.45, 2.75) is 20.3 Å². The Hall–Kier alpha value is -1.07. The summed E-state index contributed by atoms with van der Waals surface area (Å²) in [5, 5.41) is 6.29. The van der Waals surface area contributed by atoms with Crippen molar-refractivity contribution in [1.29, 1.82) is 0 Å². The highest BCUT2D eigenvalue weighted by Crippen LogP contribution is 2.12. The number of hydrogen-bond donors (Lipinski definition) is 3. The van der Waals surface area contributed by atoms with Crippen LogP contribution in [0.5, 0.6) is 0 Å². The minimum Gasteiger partial charge on any atom is -0.372 e. The lowest BCUT2D eigenvalue weighted by molar-refractivity contribution is 0.586. The van der Waals surface area contributed by atoms with Gasteiger partial charge in [0.15, 0.2) is 5.96 Å². The molecule has 0 aromatic heterocycles. The Morgan fingerprint density at radius 1 is 1.12 bits per heavy atom. The summed E-state index contributed by atoms with van der Waals surface area (Å²) in [5.74, 6) is 0.709. The molecule has 0 aliphatic rings. The molecule has 0 bridgehead atoms. The molecular weight excluding hydrogens is 465 g/mol. The Kier molecular flexibility index (Phi) is 13.5. The van der Waals surface area contributed by atoms with Gasteiger partial charge in [-0.3, -0.25) is 4.99 Å². The summed E-state index contributed by atoms with van der Waals surface area (Å²) in [6.45, 7) is 8.35. The molecule has 0 aliphatic heterocycles. The summed E-state index contributed by atoms with van der Waals surface area (Å²) in [6, 6.07) is 10.4. The first-order chi connectivity index (χ1) is 12.0. The molecule has 0 radical (unpaired) electrons. The van der Waals surface area contributed by atoms with Crippen molar-refractivity contribution < 1.29 is 8.42 Å². The van der Waals surface area contributed by atoms with Crippen LogP contribution in [0.2, 0.25) is 0 Å². The van der Waals surface area contributed by atoms with Crippen LogP contribution in [0, 0.1) is 0 Å². The van der Waals surface area contributed by atoms with Crippen LogP contribution in [0.25, 0.3) is 0 Å². The predicted octanol–water partition coefficient (Wildman–Crippen LogP) is 1.63. The van der Waals surface area contributed by atoms with Gasteiger partial charge in [0, 0.05) is 45.0 Å². The number of hydrogen-bond acceptors (Lipinski definition) is 4. The predicted molar refractivity (Wildman–Crippen MR) is 121 cm³/mol. The van der Waals surface area contributed by atoms with Crippen molar-refractivity contribution in [3.05, 3.63) is 30.3 Å². The maximum absolute atomic E-state index is 11.0. The van der Waals surface area contributed by atoms with Gasteiger partial charge in [-0.1, -0.05) is 18.2 Å². The second-order valence-corrected chi connectivity index (χ2v) is 7.46. The summed E-state index contributed by atoms with van der Waals surface area (Å²) in [6.07, 6.45) is 2.10. The smallest absolute Gasteiger partial charge is 0.208 e. The Morgan fingerprint density at radius 3 is 2.38 bits per heavy atom. The quantitative estimate of drug-likeness (QED) is 0.187. The lowest BCUT2D eigenvalue weighted by Crippen LogP contribution is -2.41. The molecule has 26 heavy (non-hydrogen) atoms. The third kappa shape index (κ3) is 11.5. The Morgan fingerprint density at radius 2 is 1.81 bits per heavy atom. The van der Waals surface area contributed by atoms with E-state index >= 15 is 0 Å². The molecule has 3 N–H and O–H groups in total. The normalized spacial score (nSPS) is 11.6. The van der Waals surface area contributed by atoms with Crippen LogP contribution in [0.1, 0.15) is 20.3 Å². The molecule has 0 atom stereocenters. The van der Waals surface area contributed by atoms with Crippen molar-refractivity contribution >= 4 is 45.6 Å². The summed E-state index contributed by atoms with van der Waals surface area (Å²) in [7, 11) is -3.15. The largest absolute Gasteiger partial charge is 0.372 e. The van der Waals surface area contributed by atoms with E-state index in [0.29, 0.717) is 25.6 Å². The molecule has 1 aromatic rings. The first-order valence-corrected chi connectivity index (χ1v) is 10.6. The van der Waals surface area contributed by atoms with Crippen molar-refractivity contribution in [2.75, 3.05) is 50.4 Å². The third-order valence-corrected chi connectivity index (χ3v) is 4.21. The standard InChI is InChI=1S/C17H31N5O2S.HI/c1-4-18-17(20-13-14-21-25(3,23)24)19-12-9-15-22(5-2)16-10-7-6-8-11-16;/h6-8,10-11,21H,4-5,9,12-15H2,1-3H3,(H2,18,19,20);1H. The van der Waals surface area contributed by atoms with Crippen molar-refractivity contribution in [3.8, 4) is 0 Å². The number of nitrogens with one attached hydrogen (secondary N) is 3. The van der Waals surface area contributed by atoms with E-state index in [1.54, 1.807) is 0 Å². The fraction of sp³-hybridized carbons (Fsp3) is 0.588. The molecule has 0 saturated heterocycles. The number of para-hydroxylation sites is 1.